The molecule has 0 atom stereocenters. The van der Waals surface area contributed by atoms with Crippen molar-refractivity contribution in [3.63, 3.8) is 0 Å². The second-order valence-corrected chi connectivity index (χ2v) is 4.91. The minimum absolute atomic E-state index is 0.0757. The summed E-state index contributed by atoms with van der Waals surface area (Å²) in [5.41, 5.74) is 0. The molecule has 1 saturated heterocycles. The van der Waals surface area contributed by atoms with E-state index in [1.165, 1.54) is 0 Å². The van der Waals surface area contributed by atoms with Crippen molar-refractivity contribution in [2.75, 3.05) is 26.2 Å². The van der Waals surface area contributed by atoms with Crippen molar-refractivity contribution in [2.24, 2.45) is 0 Å². The third-order valence-electron chi connectivity index (χ3n) is 3.36. The highest BCUT2D eigenvalue weighted by molar-refractivity contribution is 5.74. The van der Waals surface area contributed by atoms with Gasteiger partial charge in [0.05, 0.1) is 6.10 Å². The largest absolute Gasteiger partial charge is 0.480 e. The zero-order chi connectivity index (χ0) is 15.1. The maximum Gasteiger partial charge on any atom is 0.329 e. The topological polar surface area (TPSA) is 108 Å². The lowest BCUT2D eigenvalue weighted by Crippen LogP contribution is -2.46. The van der Waals surface area contributed by atoms with Gasteiger partial charge in [0, 0.05) is 38.4 Å². The van der Waals surface area contributed by atoms with Crippen LogP contribution >= 0.6 is 0 Å². The minimum Gasteiger partial charge on any atom is -0.480 e. The number of H-pyrrole nitrogens is 1. The van der Waals surface area contributed by atoms with E-state index in [4.69, 9.17) is 9.84 Å². The highest BCUT2D eigenvalue weighted by atomic mass is 16.5. The number of aliphatic carboxylic acids is 1. The molecule has 21 heavy (non-hydrogen) atoms. The lowest BCUT2D eigenvalue weighted by atomic mass is 10.1. The predicted molar refractivity (Wildman–Crippen MR) is 73.9 cm³/mol. The van der Waals surface area contributed by atoms with Crippen LogP contribution in [0.1, 0.15) is 18.7 Å². The Kier molecular flexibility index (Phi) is 5.56. The minimum atomic E-state index is -0.965. The van der Waals surface area contributed by atoms with Crippen LogP contribution < -0.4 is 5.32 Å². The monoisotopic (exact) mass is 296 g/mol. The van der Waals surface area contributed by atoms with E-state index in [9.17, 15) is 9.59 Å². The summed E-state index contributed by atoms with van der Waals surface area (Å²) >= 11 is 0. The number of rotatable bonds is 6. The van der Waals surface area contributed by atoms with E-state index in [-0.39, 0.29) is 18.7 Å². The van der Waals surface area contributed by atoms with Crippen molar-refractivity contribution >= 4 is 12.0 Å². The van der Waals surface area contributed by atoms with E-state index in [1.54, 1.807) is 17.3 Å². The summed E-state index contributed by atoms with van der Waals surface area (Å²) in [4.78, 5) is 31.2. The van der Waals surface area contributed by atoms with Gasteiger partial charge in [-0.05, 0) is 12.8 Å². The number of ether oxygens (including phenoxy) is 1. The summed E-state index contributed by atoms with van der Waals surface area (Å²) in [6.07, 6.45) is 5.35. The van der Waals surface area contributed by atoms with Crippen molar-refractivity contribution in [2.45, 2.75) is 25.4 Å². The van der Waals surface area contributed by atoms with Crippen molar-refractivity contribution in [1.82, 2.24) is 20.2 Å². The van der Waals surface area contributed by atoms with Gasteiger partial charge in [-0.1, -0.05) is 0 Å². The molecule has 2 heterocycles. The molecule has 0 spiro atoms. The molecule has 1 aromatic rings. The van der Waals surface area contributed by atoms with Gasteiger partial charge in [-0.2, -0.15) is 0 Å². The van der Waals surface area contributed by atoms with Crippen LogP contribution in [0.25, 0.3) is 0 Å². The van der Waals surface area contributed by atoms with Crippen molar-refractivity contribution in [3.8, 4) is 0 Å². The van der Waals surface area contributed by atoms with Gasteiger partial charge >= 0.3 is 12.0 Å². The molecule has 2 amide bonds. The fourth-order valence-corrected chi connectivity index (χ4v) is 2.25. The number of carbonyl (C=O) groups excluding carboxylic acids is 1. The number of urea groups is 1. The van der Waals surface area contributed by atoms with Crippen molar-refractivity contribution < 1.29 is 19.4 Å². The maximum absolute atomic E-state index is 11.9. The molecule has 0 aromatic carbocycles. The molecule has 0 saturated carbocycles. The molecular weight excluding hydrogens is 276 g/mol. The van der Waals surface area contributed by atoms with Crippen LogP contribution in [0.2, 0.25) is 0 Å². The molecule has 0 radical (unpaired) electrons. The van der Waals surface area contributed by atoms with Crippen LogP contribution in [0.5, 0.6) is 0 Å². The summed E-state index contributed by atoms with van der Waals surface area (Å²) in [5, 5.41) is 11.4. The quantitative estimate of drug-likeness (QED) is 0.696. The number of carboxylic acids is 1. The molecule has 0 aliphatic carbocycles. The third-order valence-corrected chi connectivity index (χ3v) is 3.36. The molecule has 8 heteroatoms. The molecule has 0 unspecified atom stereocenters. The summed E-state index contributed by atoms with van der Waals surface area (Å²) in [6.45, 7) is 1.41. The number of nitrogens with zero attached hydrogens (tertiary/aromatic N) is 2. The summed E-state index contributed by atoms with van der Waals surface area (Å²) in [7, 11) is 0. The van der Waals surface area contributed by atoms with Crippen LogP contribution in [0.15, 0.2) is 12.4 Å². The summed E-state index contributed by atoms with van der Waals surface area (Å²) < 4.78 is 5.23. The first-order chi connectivity index (χ1) is 10.1. The number of aromatic amines is 1. The second kappa shape index (κ2) is 7.63. The van der Waals surface area contributed by atoms with Crippen LogP contribution in [0.4, 0.5) is 4.79 Å². The van der Waals surface area contributed by atoms with E-state index < -0.39 is 5.97 Å². The Labute approximate surface area is 122 Å². The fraction of sp³-hybridized carbons (Fsp3) is 0.615. The third kappa shape index (κ3) is 5.07. The van der Waals surface area contributed by atoms with Crippen molar-refractivity contribution in [1.29, 1.82) is 0 Å². The van der Waals surface area contributed by atoms with E-state index in [0.717, 1.165) is 5.82 Å². The number of amides is 2. The number of carbonyl (C=O) groups is 2. The first-order valence-electron chi connectivity index (χ1n) is 6.99. The second-order valence-electron chi connectivity index (χ2n) is 4.91. The van der Waals surface area contributed by atoms with Crippen LogP contribution in [0.3, 0.4) is 0 Å². The number of hydrogen-bond acceptors (Lipinski definition) is 4. The van der Waals surface area contributed by atoms with Gasteiger partial charge in [-0.15, -0.1) is 0 Å². The molecule has 1 aliphatic heterocycles. The molecule has 116 valence electrons. The van der Waals surface area contributed by atoms with E-state index >= 15 is 0 Å². The number of nitrogens with one attached hydrogen (secondary N) is 2. The molecule has 1 aromatic heterocycles. The van der Waals surface area contributed by atoms with Crippen LogP contribution in [0, 0.1) is 0 Å². The fourth-order valence-electron chi connectivity index (χ4n) is 2.25. The SMILES string of the molecule is O=C(O)COC1CCN(C(=O)NCCc2ncc[nH]2)CC1. The molecule has 8 nitrogen and oxygen atoms in total. The highest BCUT2D eigenvalue weighted by Gasteiger charge is 2.23. The van der Waals surface area contributed by atoms with Crippen LogP contribution in [-0.2, 0) is 16.0 Å². The normalized spacial score (nSPS) is 15.9. The number of aromatic nitrogens is 2. The Morgan fingerprint density at radius 1 is 1.48 bits per heavy atom. The molecule has 2 rings (SSSR count). The highest BCUT2D eigenvalue weighted by Crippen LogP contribution is 2.13. The van der Waals surface area contributed by atoms with Gasteiger partial charge in [0.2, 0.25) is 0 Å². The zero-order valence-electron chi connectivity index (χ0n) is 11.7. The average Bonchev–Trinajstić information content (AvgIpc) is 2.99. The Morgan fingerprint density at radius 3 is 2.86 bits per heavy atom. The maximum atomic E-state index is 11.9. The smallest absolute Gasteiger partial charge is 0.329 e. The van der Waals surface area contributed by atoms with E-state index in [2.05, 4.69) is 15.3 Å². The lowest BCUT2D eigenvalue weighted by molar-refractivity contribution is -0.145. The first kappa shape index (κ1) is 15.3. The summed E-state index contributed by atoms with van der Waals surface area (Å²) in [5.74, 6) is -0.121. The van der Waals surface area contributed by atoms with E-state index in [1.807, 2.05) is 0 Å². The first-order valence-corrected chi connectivity index (χ1v) is 6.99. The molecule has 1 aliphatic rings. The average molecular weight is 296 g/mol. The molecule has 0 bridgehead atoms. The van der Waals surface area contributed by atoms with Gasteiger partial charge in [0.25, 0.3) is 0 Å². The van der Waals surface area contributed by atoms with Crippen LogP contribution in [-0.4, -0.2) is 64.3 Å². The van der Waals surface area contributed by atoms with E-state index in [0.29, 0.717) is 38.9 Å². The Bertz CT molecular complexity index is 455. The Balaban J connectivity index is 1.62. The van der Waals surface area contributed by atoms with Gasteiger partial charge in [-0.3, -0.25) is 0 Å². The van der Waals surface area contributed by atoms with Crippen molar-refractivity contribution in [3.05, 3.63) is 18.2 Å². The van der Waals surface area contributed by atoms with Gasteiger partial charge in [0.15, 0.2) is 0 Å². The molecular formula is C13H20N4O4. The number of piperidine rings is 1. The van der Waals surface area contributed by atoms with Gasteiger partial charge < -0.3 is 25.0 Å². The molecule has 1 fully saturated rings. The van der Waals surface area contributed by atoms with Gasteiger partial charge in [-0.25, -0.2) is 14.6 Å². The number of hydrogen-bond donors (Lipinski definition) is 3. The van der Waals surface area contributed by atoms with Gasteiger partial charge in [0.1, 0.15) is 12.4 Å². The zero-order valence-corrected chi connectivity index (χ0v) is 11.7. The number of imidazole rings is 1. The number of carboxylic acid groups (broad SMARTS) is 1. The lowest BCUT2D eigenvalue weighted by Gasteiger charge is -2.31. The standard InChI is InChI=1S/C13H20N4O4/c18-12(19)9-21-10-2-7-17(8-3-10)13(20)16-4-1-11-14-5-6-15-11/h5-6,10H,1-4,7-9H2,(H,14,15)(H,16,20)(H,18,19). The summed E-state index contributed by atoms with van der Waals surface area (Å²) in [6, 6.07) is -0.0989. The molecule has 3 N–H and O–H groups in total. The Morgan fingerprint density at radius 2 is 2.24 bits per heavy atom. The predicted octanol–water partition coefficient (Wildman–Crippen LogP) is 0.227. The number of likely N-dealkylation sites (tertiary alicyclic amines) is 1. The Hall–Kier alpha value is -2.09.